The van der Waals surface area contributed by atoms with Gasteiger partial charge in [0, 0.05) is 108 Å². The summed E-state index contributed by atoms with van der Waals surface area (Å²) in [6.07, 6.45) is 25.1. The third kappa shape index (κ3) is 88.6. The normalized spacial score (nSPS) is 12.0. The van der Waals surface area contributed by atoms with Gasteiger partial charge in [-0.05, 0) is 252 Å². The maximum absolute atomic E-state index is 12.2. The molecule has 6 aromatic rings. The van der Waals surface area contributed by atoms with Crippen LogP contribution in [-0.4, -0.2) is 97.4 Å². The summed E-state index contributed by atoms with van der Waals surface area (Å²) in [6.45, 7) is 108. The minimum Gasteiger partial charge on any atom is -0.352 e. The number of nitrogens with zero attached hydrogens (tertiary/aromatic N) is 8. The molecule has 0 aliphatic heterocycles. The summed E-state index contributed by atoms with van der Waals surface area (Å²) < 4.78 is 3.88. The Labute approximate surface area is 890 Å². The molecule has 0 unspecified atom stereocenters. The zero-order chi connectivity index (χ0) is 108. The van der Waals surface area contributed by atoms with E-state index in [0.717, 1.165) is 102 Å². The molecule has 3 aromatic carbocycles. The van der Waals surface area contributed by atoms with Crippen molar-refractivity contribution < 1.29 is 28.8 Å². The first-order valence-electron chi connectivity index (χ1n) is 52.0. The lowest BCUT2D eigenvalue weighted by Crippen LogP contribution is -2.41. The zero-order valence-corrected chi connectivity index (χ0v) is 99.4. The van der Waals surface area contributed by atoms with E-state index in [4.69, 9.17) is 0 Å². The third-order valence-corrected chi connectivity index (χ3v) is 22.2. The fourth-order valence-corrected chi connectivity index (χ4v) is 13.7. The van der Waals surface area contributed by atoms with Gasteiger partial charge in [0.25, 0.3) is 0 Å². The average Bonchev–Trinajstić information content (AvgIpc) is 1.65. The number of rotatable bonds is 28. The van der Waals surface area contributed by atoms with Gasteiger partial charge in [0.2, 0.25) is 17.7 Å². The molecule has 6 rings (SSSR count). The van der Waals surface area contributed by atoms with Gasteiger partial charge in [0.1, 0.15) is 5.78 Å². The number of benzene rings is 3. The minimum absolute atomic E-state index is 0. The first-order chi connectivity index (χ1) is 61.9. The highest BCUT2D eigenvalue weighted by Gasteiger charge is 2.27. The van der Waals surface area contributed by atoms with E-state index in [-0.39, 0.29) is 126 Å². The van der Waals surface area contributed by atoms with Gasteiger partial charge >= 0.3 is 0 Å². The van der Waals surface area contributed by atoms with E-state index >= 15 is 0 Å². The molecule has 143 heavy (non-hydrogen) atoms. The molecule has 3 aromatic heterocycles. The highest BCUT2D eigenvalue weighted by molar-refractivity contribution is 7.99. The molecular weight excluding hydrogens is 1780 g/mol. The van der Waals surface area contributed by atoms with Gasteiger partial charge < -0.3 is 16.0 Å². The average molecular weight is 2020 g/mol. The monoisotopic (exact) mass is 2020 g/mol. The van der Waals surface area contributed by atoms with Crippen LogP contribution in [0.25, 0.3) is 0 Å². The van der Waals surface area contributed by atoms with Crippen LogP contribution in [0.4, 0.5) is 0 Å². The van der Waals surface area contributed by atoms with Gasteiger partial charge in [0.15, 0.2) is 16.7 Å². The van der Waals surface area contributed by atoms with E-state index in [9.17, 15) is 28.8 Å². The number of ketones is 3. The highest BCUT2D eigenvalue weighted by Crippen LogP contribution is 2.32. The molecule has 0 aliphatic carbocycles. The largest absolute Gasteiger partial charge is 0.352 e. The number of amides is 3. The molecule has 0 aliphatic rings. The van der Waals surface area contributed by atoms with Crippen molar-refractivity contribution in [1.29, 1.82) is 0 Å². The van der Waals surface area contributed by atoms with Crippen molar-refractivity contribution in [2.24, 2.45) is 55.2 Å². The number of hydrogen-bond acceptors (Lipinski definition) is 13. The number of Topliss-reactive ketones (excluding diaryl/α,β-unsaturated/α-hetero) is 3. The molecule has 18 heteroatoms. The number of unbranched alkanes of at least 4 members (excludes halogenated alkanes) is 1. The van der Waals surface area contributed by atoms with E-state index < -0.39 is 0 Å². The summed E-state index contributed by atoms with van der Waals surface area (Å²) in [6, 6.07) is 24.8. The van der Waals surface area contributed by atoms with Gasteiger partial charge in [-0.2, -0.15) is 0 Å². The van der Waals surface area contributed by atoms with Crippen molar-refractivity contribution in [3.8, 4) is 0 Å². The van der Waals surface area contributed by atoms with Gasteiger partial charge in [-0.25, -0.2) is 14.6 Å². The summed E-state index contributed by atoms with van der Waals surface area (Å²) in [5.41, 5.74) is 11.4. The van der Waals surface area contributed by atoms with Crippen molar-refractivity contribution in [3.63, 3.8) is 0 Å². The van der Waals surface area contributed by atoms with Crippen LogP contribution in [-0.2, 0) is 61.2 Å². The Bertz CT molecular complexity index is 4340. The van der Waals surface area contributed by atoms with Gasteiger partial charge in [0.05, 0.1) is 17.8 Å². The number of carbonyl (C=O) groups is 6. The topological polar surface area (TPSA) is 226 Å². The Morgan fingerprint density at radius 3 is 1.17 bits per heavy atom. The predicted octanol–water partition coefficient (Wildman–Crippen LogP) is 35.8. The molecule has 0 radical (unpaired) electrons. The second-order valence-corrected chi connectivity index (χ2v) is 56.5. The molecule has 830 valence electrons. The molecule has 0 fully saturated rings. The molecule has 0 saturated carbocycles. The summed E-state index contributed by atoms with van der Waals surface area (Å²) >= 11 is 1.72. The van der Waals surface area contributed by atoms with Crippen molar-refractivity contribution >= 4 is 46.8 Å². The lowest BCUT2D eigenvalue weighted by molar-refractivity contribution is -0.126. The molecule has 0 spiro atoms. The van der Waals surface area contributed by atoms with Crippen molar-refractivity contribution in [1.82, 2.24) is 55.9 Å². The Morgan fingerprint density at radius 2 is 0.783 bits per heavy atom. The quantitative estimate of drug-likeness (QED) is 0.0180. The number of aryl methyl sites for hydroxylation is 2. The first kappa shape index (κ1) is 151. The number of nitrogens with one attached hydrogen (secondary N) is 3. The lowest BCUT2D eigenvalue weighted by atomic mass is 9.83. The fraction of sp³-hybridized carbons (Fsp3) is 0.744. The standard InChI is InChI=1S/C17H26O.C16H25NO.C16H24O.C13H22N2S.C13H26O.C12H25NO.2C11H21N3.C11H23NO.5CH4/c1-16(2,3)11-13-8-7-9-14(10-13)15(18)12-17(4,5)6;1-15(2,3)13-9-7-8-12(10-13)11-14(18)17-16(4,5)6;1-15(2,3)11-14(17)12-8-7-9-13(10-12)16(4,5)6;1-12(2,3)9-16-11-14-7-10(8-15-11)13(4,5)6;1-12(2,3)10-8-7-9-11(14)13(4,5)6;1-11(2,3)9-7-8-10(14)13-12(4,5)6;1-9(2)6-5-7-14-8-11(10(3)4)12-13-14;1-9(2)6-5-7-11-8-14(10(3)4)13-12-11;1-10(2,3)8-7-9(13)12-11(4,5)6;;;;;/h7-10H,11-12H2,1-6H3;7-10H,11H2,1-6H3,(H,17,18);7-10H,11H2,1-6H3;7-8H,9H2,1-6H3;7-10H2,1-6H3;7-9H2,1-6H3,(H,13,14);2*8-10H,5-7H2,1-4H3;7-8H2,1-6H3,(H,12,13);5*1H4. The second-order valence-electron chi connectivity index (χ2n) is 55.5. The van der Waals surface area contributed by atoms with Crippen LogP contribution in [0.1, 0.15) is 552 Å². The third-order valence-electron chi connectivity index (χ3n) is 20.7. The highest BCUT2D eigenvalue weighted by atomic mass is 32.2. The smallest absolute Gasteiger partial charge is 0.224 e. The maximum atomic E-state index is 12.2. The van der Waals surface area contributed by atoms with Crippen LogP contribution >= 0.6 is 11.8 Å². The van der Waals surface area contributed by atoms with Gasteiger partial charge in [-0.15, -0.1) is 10.2 Å². The van der Waals surface area contributed by atoms with Crippen molar-refractivity contribution in [3.05, 3.63) is 148 Å². The molecule has 0 saturated heterocycles. The number of hydrogen-bond donors (Lipinski definition) is 3. The van der Waals surface area contributed by atoms with E-state index in [1.807, 2.05) is 147 Å². The first-order valence-corrected chi connectivity index (χ1v) is 53.0. The zero-order valence-electron chi connectivity index (χ0n) is 98.6. The Balaban J connectivity index is -0.000000238. The minimum atomic E-state index is -0.168. The summed E-state index contributed by atoms with van der Waals surface area (Å²) in [7, 11) is 0. The van der Waals surface area contributed by atoms with E-state index in [1.165, 1.54) is 60.8 Å². The van der Waals surface area contributed by atoms with Crippen LogP contribution in [0.15, 0.2) is 103 Å². The molecular formula is C125H233N11O6S. The van der Waals surface area contributed by atoms with Crippen molar-refractivity contribution in [2.75, 3.05) is 5.75 Å². The van der Waals surface area contributed by atoms with Crippen LogP contribution in [0, 0.1) is 55.2 Å². The summed E-state index contributed by atoms with van der Waals surface area (Å²) in [4.78, 5) is 79.4. The van der Waals surface area contributed by atoms with Crippen molar-refractivity contribution in [2.45, 2.75) is 555 Å². The van der Waals surface area contributed by atoms with E-state index in [1.54, 1.807) is 11.8 Å². The van der Waals surface area contributed by atoms with Crippen LogP contribution in [0.2, 0.25) is 0 Å². The maximum Gasteiger partial charge on any atom is 0.224 e. The second kappa shape index (κ2) is 67.7. The summed E-state index contributed by atoms with van der Waals surface area (Å²) in [5.74, 6) is 4.38. The van der Waals surface area contributed by atoms with E-state index in [2.05, 4.69) is 352 Å². The molecule has 17 nitrogen and oxygen atoms in total. The Kier molecular flexibility index (Phi) is 71.5. The molecule has 3 N–H and O–H groups in total. The van der Waals surface area contributed by atoms with Crippen LogP contribution < -0.4 is 16.0 Å². The van der Waals surface area contributed by atoms with Gasteiger partial charge in [-0.3, -0.25) is 33.4 Å². The van der Waals surface area contributed by atoms with E-state index in [0.29, 0.717) is 66.1 Å². The van der Waals surface area contributed by atoms with Gasteiger partial charge in [-0.1, -0.05) is 403 Å². The molecule has 3 amide bonds. The Morgan fingerprint density at radius 1 is 0.378 bits per heavy atom. The lowest BCUT2D eigenvalue weighted by Gasteiger charge is -2.22. The number of aromatic nitrogens is 8. The molecule has 3 heterocycles. The van der Waals surface area contributed by atoms with Crippen LogP contribution in [0.3, 0.4) is 0 Å². The Hall–Kier alpha value is -7.21. The fourth-order valence-electron chi connectivity index (χ4n) is 12.9. The number of carbonyl (C=O) groups excluding carboxylic acids is 6. The SMILES string of the molecule is C.C.C.C.C.CC(C)(C)CC(=O)c1cccc(C(C)(C)C)c1.CC(C)(C)CC(=O)c1cccc(CC(C)(C)C)c1.CC(C)(C)CCC(=O)NC(C)(C)C.CC(C)(C)CCCC(=O)NC(C)(C)C.CC(C)(C)CCCCC(=O)C(C)(C)C.CC(C)(C)CSc1ncc(C(C)(C)C)cn1.CC(C)(C)NC(=O)Cc1cccc(C(C)(C)C)c1.CC(C)CCCc1cn(C(C)C)nn1.CC(C)CCCn1cc(C(C)C)nn1. The predicted molar refractivity (Wildman–Crippen MR) is 629 cm³/mol. The summed E-state index contributed by atoms with van der Waals surface area (Å²) in [5, 5.41) is 26.2. The molecule has 0 atom stereocenters. The molecule has 0 bridgehead atoms. The number of thioether (sulfide) groups is 1. The van der Waals surface area contributed by atoms with Crippen LogP contribution in [0.5, 0.6) is 0 Å².